The Balaban J connectivity index is 2.37. The van der Waals surface area contributed by atoms with E-state index in [1.165, 1.54) is 7.11 Å². The fraction of sp³-hybridized carbons (Fsp3) is 0.364. The normalized spacial score (nSPS) is 11.3. The highest BCUT2D eigenvalue weighted by Gasteiger charge is 2.18. The standard InChI is InChI=1S/C22H28IN3O3/c1-7-18(25(4)16(3)22(27)29-6)12-20-15(2)26(24-21(20)13-23)14-17-8-10-19(28-5)11-9-17/h8-12H,3,7,13-14H2,1-2,4-6H3/b18-12-. The molecule has 0 atom stereocenters. The molecule has 2 rings (SSSR count). The van der Waals surface area contributed by atoms with Gasteiger partial charge in [0.25, 0.3) is 0 Å². The SMILES string of the molecule is C=C(C(=O)OC)N(C)/C(=C\c1c(CI)nn(Cc2ccc(OC)cc2)c1C)CC. The predicted molar refractivity (Wildman–Crippen MR) is 124 cm³/mol. The highest BCUT2D eigenvalue weighted by atomic mass is 127. The molecule has 7 heteroatoms. The van der Waals surface area contributed by atoms with Gasteiger partial charge in [-0.25, -0.2) is 4.79 Å². The second-order valence-corrected chi connectivity index (χ2v) is 7.33. The van der Waals surface area contributed by atoms with Crippen molar-refractivity contribution in [3.05, 3.63) is 64.8 Å². The number of carbonyl (C=O) groups excluding carboxylic acids is 1. The molecule has 1 aromatic heterocycles. The van der Waals surface area contributed by atoms with Gasteiger partial charge < -0.3 is 14.4 Å². The number of hydrogen-bond acceptors (Lipinski definition) is 5. The monoisotopic (exact) mass is 509 g/mol. The van der Waals surface area contributed by atoms with Crippen molar-refractivity contribution in [3.8, 4) is 5.75 Å². The molecule has 0 aliphatic heterocycles. The molecule has 2 aromatic rings. The van der Waals surface area contributed by atoms with Crippen LogP contribution in [0.4, 0.5) is 0 Å². The number of hydrogen-bond donors (Lipinski definition) is 0. The Kier molecular flexibility index (Phi) is 8.31. The molecule has 0 aliphatic carbocycles. The van der Waals surface area contributed by atoms with E-state index in [1.54, 1.807) is 12.0 Å². The number of alkyl halides is 1. The second kappa shape index (κ2) is 10.5. The van der Waals surface area contributed by atoms with E-state index in [1.807, 2.05) is 42.9 Å². The highest BCUT2D eigenvalue weighted by Crippen LogP contribution is 2.24. The summed E-state index contributed by atoms with van der Waals surface area (Å²) >= 11 is 2.33. The van der Waals surface area contributed by atoms with Gasteiger partial charge in [0.1, 0.15) is 11.4 Å². The zero-order chi connectivity index (χ0) is 21.6. The Labute approximate surface area is 186 Å². The van der Waals surface area contributed by atoms with E-state index in [0.29, 0.717) is 12.2 Å². The van der Waals surface area contributed by atoms with E-state index >= 15 is 0 Å². The number of allylic oxidation sites excluding steroid dienone is 1. The van der Waals surface area contributed by atoms with Crippen molar-refractivity contribution in [2.24, 2.45) is 0 Å². The van der Waals surface area contributed by atoms with Gasteiger partial charge in [0.2, 0.25) is 0 Å². The lowest BCUT2D eigenvalue weighted by Crippen LogP contribution is -2.23. The molecule has 0 spiro atoms. The maximum absolute atomic E-state index is 11.9. The first-order valence-electron chi connectivity index (χ1n) is 9.32. The Morgan fingerprint density at radius 3 is 2.48 bits per heavy atom. The maximum Gasteiger partial charge on any atom is 0.354 e. The highest BCUT2D eigenvalue weighted by molar-refractivity contribution is 14.1. The van der Waals surface area contributed by atoms with Gasteiger partial charge in [-0.3, -0.25) is 4.68 Å². The average molecular weight is 509 g/mol. The van der Waals surface area contributed by atoms with Crippen LogP contribution in [-0.4, -0.2) is 41.9 Å². The molecule has 1 heterocycles. The van der Waals surface area contributed by atoms with Crippen molar-refractivity contribution in [2.75, 3.05) is 21.3 Å². The number of likely N-dealkylation sites (N-methyl/N-ethyl adjacent to an activating group) is 1. The lowest BCUT2D eigenvalue weighted by atomic mass is 10.1. The van der Waals surface area contributed by atoms with Crippen LogP contribution in [0, 0.1) is 6.92 Å². The van der Waals surface area contributed by atoms with Crippen LogP contribution in [-0.2, 0) is 20.5 Å². The van der Waals surface area contributed by atoms with Gasteiger partial charge in [0, 0.05) is 28.4 Å². The number of esters is 1. The van der Waals surface area contributed by atoms with Crippen molar-refractivity contribution in [1.82, 2.24) is 14.7 Å². The first-order valence-corrected chi connectivity index (χ1v) is 10.8. The molecule has 29 heavy (non-hydrogen) atoms. The lowest BCUT2D eigenvalue weighted by molar-refractivity contribution is -0.137. The third-order valence-corrected chi connectivity index (χ3v) is 5.60. The third-order valence-electron chi connectivity index (χ3n) is 4.88. The number of rotatable bonds is 9. The first kappa shape index (κ1) is 23.0. The second-order valence-electron chi connectivity index (χ2n) is 6.57. The van der Waals surface area contributed by atoms with E-state index in [0.717, 1.165) is 44.8 Å². The molecule has 0 aliphatic rings. The van der Waals surface area contributed by atoms with Crippen LogP contribution in [0.15, 0.2) is 42.2 Å². The summed E-state index contributed by atoms with van der Waals surface area (Å²) in [5.74, 6) is 0.400. The Morgan fingerprint density at radius 2 is 1.97 bits per heavy atom. The van der Waals surface area contributed by atoms with Gasteiger partial charge >= 0.3 is 5.97 Å². The fourth-order valence-corrected chi connectivity index (χ4v) is 3.56. The lowest BCUT2D eigenvalue weighted by Gasteiger charge is -2.22. The van der Waals surface area contributed by atoms with E-state index < -0.39 is 5.97 Å². The van der Waals surface area contributed by atoms with Crippen LogP contribution in [0.25, 0.3) is 6.08 Å². The fourth-order valence-electron chi connectivity index (χ4n) is 3.00. The maximum atomic E-state index is 11.9. The van der Waals surface area contributed by atoms with Crippen molar-refractivity contribution < 1.29 is 14.3 Å². The molecule has 156 valence electrons. The van der Waals surface area contributed by atoms with Crippen LogP contribution < -0.4 is 4.74 Å². The average Bonchev–Trinajstić information content (AvgIpc) is 3.05. The van der Waals surface area contributed by atoms with E-state index in [9.17, 15) is 4.79 Å². The molecule has 0 N–H and O–H groups in total. The summed E-state index contributed by atoms with van der Waals surface area (Å²) in [6.07, 6.45) is 2.84. The molecule has 1 aromatic carbocycles. The minimum atomic E-state index is -0.437. The van der Waals surface area contributed by atoms with Crippen molar-refractivity contribution in [2.45, 2.75) is 31.2 Å². The van der Waals surface area contributed by atoms with Crippen molar-refractivity contribution in [1.29, 1.82) is 0 Å². The Morgan fingerprint density at radius 1 is 1.31 bits per heavy atom. The number of methoxy groups -OCH3 is 2. The molecule has 0 bridgehead atoms. The van der Waals surface area contributed by atoms with Gasteiger partial charge in [-0.15, -0.1) is 0 Å². The summed E-state index contributed by atoms with van der Waals surface area (Å²) in [5, 5.41) is 4.81. The smallest absolute Gasteiger partial charge is 0.354 e. The quantitative estimate of drug-likeness (QED) is 0.215. The van der Waals surface area contributed by atoms with Gasteiger partial charge in [-0.2, -0.15) is 5.10 Å². The predicted octanol–water partition coefficient (Wildman–Crippen LogP) is 4.55. The van der Waals surface area contributed by atoms with Crippen LogP contribution >= 0.6 is 22.6 Å². The molecule has 6 nitrogen and oxygen atoms in total. The molecule has 0 fully saturated rings. The molecule has 0 saturated heterocycles. The molecule has 0 unspecified atom stereocenters. The zero-order valence-electron chi connectivity index (χ0n) is 17.7. The first-order chi connectivity index (χ1) is 13.9. The number of benzene rings is 1. The molecule has 0 amide bonds. The topological polar surface area (TPSA) is 56.6 Å². The van der Waals surface area contributed by atoms with Crippen LogP contribution in [0.1, 0.15) is 35.9 Å². The van der Waals surface area contributed by atoms with Gasteiger partial charge in [-0.05, 0) is 37.1 Å². The van der Waals surface area contributed by atoms with Crippen molar-refractivity contribution >= 4 is 34.6 Å². The number of aromatic nitrogens is 2. The minimum Gasteiger partial charge on any atom is -0.497 e. The van der Waals surface area contributed by atoms with E-state index in [2.05, 4.69) is 42.2 Å². The summed E-state index contributed by atoms with van der Waals surface area (Å²) in [6.45, 7) is 8.65. The molecule has 0 saturated carbocycles. The number of carbonyl (C=O) groups is 1. The Bertz CT molecular complexity index is 901. The molecular formula is C22H28IN3O3. The summed E-state index contributed by atoms with van der Waals surface area (Å²) in [4.78, 5) is 13.6. The number of halogens is 1. The minimum absolute atomic E-state index is 0.305. The van der Waals surface area contributed by atoms with Gasteiger partial charge in [-0.1, -0.05) is 48.2 Å². The summed E-state index contributed by atoms with van der Waals surface area (Å²) in [6, 6.07) is 8.00. The summed E-state index contributed by atoms with van der Waals surface area (Å²) in [7, 11) is 4.85. The van der Waals surface area contributed by atoms with Crippen LogP contribution in [0.5, 0.6) is 5.75 Å². The van der Waals surface area contributed by atoms with E-state index in [4.69, 9.17) is 14.6 Å². The zero-order valence-corrected chi connectivity index (χ0v) is 19.8. The van der Waals surface area contributed by atoms with Gasteiger partial charge in [0.15, 0.2) is 0 Å². The largest absolute Gasteiger partial charge is 0.497 e. The summed E-state index contributed by atoms with van der Waals surface area (Å²) < 4.78 is 12.8. The Hall–Kier alpha value is -2.29. The molecule has 0 radical (unpaired) electrons. The van der Waals surface area contributed by atoms with Gasteiger partial charge in [0.05, 0.1) is 26.5 Å². The van der Waals surface area contributed by atoms with E-state index in [-0.39, 0.29) is 0 Å². The van der Waals surface area contributed by atoms with Crippen molar-refractivity contribution in [3.63, 3.8) is 0 Å². The van der Waals surface area contributed by atoms with Crippen LogP contribution in [0.3, 0.4) is 0 Å². The summed E-state index contributed by atoms with van der Waals surface area (Å²) in [5.41, 5.74) is 5.60. The third kappa shape index (κ3) is 5.41. The number of nitrogens with zero attached hydrogens (tertiary/aromatic N) is 3. The molecular weight excluding hydrogens is 481 g/mol. The van der Waals surface area contributed by atoms with Crippen LogP contribution in [0.2, 0.25) is 0 Å². The number of ether oxygens (including phenoxy) is 2.